The van der Waals surface area contributed by atoms with Crippen LogP contribution in [0.25, 0.3) is 0 Å². The summed E-state index contributed by atoms with van der Waals surface area (Å²) in [5.74, 6) is 0.540. The fraction of sp³-hybridized carbons (Fsp3) is 0.300. The highest BCUT2D eigenvalue weighted by atomic mass is 79.9. The first-order valence-corrected chi connectivity index (χ1v) is 6.93. The third-order valence-corrected chi connectivity index (χ3v) is 3.95. The third-order valence-electron chi connectivity index (χ3n) is 2.21. The third kappa shape index (κ3) is 3.30. The lowest BCUT2D eigenvalue weighted by Crippen LogP contribution is -2.28. The topological polar surface area (TPSA) is 71.8 Å². The van der Waals surface area contributed by atoms with Gasteiger partial charge in [0.25, 0.3) is 0 Å². The average molecular weight is 330 g/mol. The van der Waals surface area contributed by atoms with Gasteiger partial charge in [-0.05, 0) is 34.4 Å². The predicted molar refractivity (Wildman–Crippen MR) is 73.6 cm³/mol. The van der Waals surface area contributed by atoms with Crippen molar-refractivity contribution in [1.82, 2.24) is 19.5 Å². The Hall–Kier alpha value is -1.41. The summed E-state index contributed by atoms with van der Waals surface area (Å²) >= 11 is 4.70. The zero-order valence-corrected chi connectivity index (χ0v) is 12.1. The number of halogens is 1. The molecule has 0 saturated heterocycles. The summed E-state index contributed by atoms with van der Waals surface area (Å²) in [4.78, 5) is 12.6. The molecule has 0 spiro atoms. The molecule has 2 rings (SSSR count). The van der Waals surface area contributed by atoms with Gasteiger partial charge in [0.05, 0.1) is 22.1 Å². The van der Waals surface area contributed by atoms with Gasteiger partial charge in [-0.3, -0.25) is 10.00 Å². The second-order valence-corrected chi connectivity index (χ2v) is 5.20. The van der Waals surface area contributed by atoms with E-state index >= 15 is 0 Å². The van der Waals surface area contributed by atoms with Crippen molar-refractivity contribution in [3.05, 3.63) is 27.8 Å². The highest BCUT2D eigenvalue weighted by Crippen LogP contribution is 2.19. The lowest BCUT2D eigenvalue weighted by atomic mass is 10.5. The number of hydrogen-bond donors (Lipinski definition) is 2. The fourth-order valence-corrected chi connectivity index (χ4v) is 2.45. The lowest BCUT2D eigenvalue weighted by Gasteiger charge is -2.04. The molecule has 0 aliphatic heterocycles. The van der Waals surface area contributed by atoms with Gasteiger partial charge < -0.3 is 5.32 Å². The van der Waals surface area contributed by atoms with Crippen LogP contribution < -0.4 is 10.6 Å². The number of nitrogens with zero attached hydrogens (tertiary/aromatic N) is 3. The summed E-state index contributed by atoms with van der Waals surface area (Å²) < 4.78 is 6.66. The summed E-state index contributed by atoms with van der Waals surface area (Å²) in [5, 5.41) is 9.57. The molecule has 0 unspecified atom stereocenters. The number of urea groups is 1. The Kier molecular flexibility index (Phi) is 4.32. The standard InChI is InChI=1S/C10H12BrN5OS/c1-2-16-4-3-9(15-16)14-10(17)12-6-8-7(11)5-13-18-8/h3-5H,2,6H2,1H3,(H2,12,14,15,17). The molecule has 2 amide bonds. The van der Waals surface area contributed by atoms with Crippen LogP contribution in [0.5, 0.6) is 0 Å². The van der Waals surface area contributed by atoms with E-state index in [2.05, 4.69) is 36.0 Å². The molecule has 2 N–H and O–H groups in total. The molecule has 2 aromatic rings. The Labute approximate surface area is 117 Å². The molecule has 0 radical (unpaired) electrons. The molecule has 6 nitrogen and oxygen atoms in total. The molecule has 96 valence electrons. The van der Waals surface area contributed by atoms with Crippen LogP contribution in [0.2, 0.25) is 0 Å². The van der Waals surface area contributed by atoms with Crippen LogP contribution in [0.15, 0.2) is 22.9 Å². The van der Waals surface area contributed by atoms with Gasteiger partial charge in [-0.15, -0.1) is 0 Å². The number of carbonyl (C=O) groups is 1. The Morgan fingerprint density at radius 1 is 1.61 bits per heavy atom. The summed E-state index contributed by atoms with van der Waals surface area (Å²) in [7, 11) is 0. The first-order chi connectivity index (χ1) is 8.69. The minimum Gasteiger partial charge on any atom is -0.333 e. The van der Waals surface area contributed by atoms with Crippen LogP contribution in [-0.4, -0.2) is 20.2 Å². The maximum absolute atomic E-state index is 11.6. The van der Waals surface area contributed by atoms with E-state index < -0.39 is 0 Å². The number of nitrogens with one attached hydrogen (secondary N) is 2. The highest BCUT2D eigenvalue weighted by Gasteiger charge is 2.07. The first kappa shape index (κ1) is 13.0. The summed E-state index contributed by atoms with van der Waals surface area (Å²) in [5.41, 5.74) is 0. The largest absolute Gasteiger partial charge is 0.333 e. The van der Waals surface area contributed by atoms with Crippen molar-refractivity contribution < 1.29 is 4.79 Å². The van der Waals surface area contributed by atoms with Crippen LogP contribution >= 0.6 is 27.5 Å². The van der Waals surface area contributed by atoms with E-state index in [1.807, 2.05) is 13.1 Å². The van der Waals surface area contributed by atoms with Crippen molar-refractivity contribution in [1.29, 1.82) is 0 Å². The van der Waals surface area contributed by atoms with Crippen LogP contribution in [0, 0.1) is 0 Å². The van der Waals surface area contributed by atoms with Crippen molar-refractivity contribution >= 4 is 39.3 Å². The van der Waals surface area contributed by atoms with Crippen molar-refractivity contribution in [2.75, 3.05) is 5.32 Å². The molecule has 0 fully saturated rings. The lowest BCUT2D eigenvalue weighted by molar-refractivity contribution is 0.251. The number of anilines is 1. The first-order valence-electron chi connectivity index (χ1n) is 5.36. The van der Waals surface area contributed by atoms with Gasteiger partial charge in [-0.25, -0.2) is 4.79 Å². The number of rotatable bonds is 4. The summed E-state index contributed by atoms with van der Waals surface area (Å²) in [6.45, 7) is 3.20. The van der Waals surface area contributed by atoms with E-state index in [1.54, 1.807) is 16.9 Å². The molecule has 0 saturated carbocycles. The second-order valence-electron chi connectivity index (χ2n) is 3.46. The van der Waals surface area contributed by atoms with E-state index in [1.165, 1.54) is 11.5 Å². The monoisotopic (exact) mass is 329 g/mol. The predicted octanol–water partition coefficient (Wildman–Crippen LogP) is 2.44. The Morgan fingerprint density at radius 3 is 3.06 bits per heavy atom. The van der Waals surface area contributed by atoms with E-state index in [0.717, 1.165) is 15.9 Å². The molecular formula is C10H12BrN5OS. The minimum absolute atomic E-state index is 0.281. The zero-order valence-electron chi connectivity index (χ0n) is 9.68. The zero-order chi connectivity index (χ0) is 13.0. The normalized spacial score (nSPS) is 10.3. The Morgan fingerprint density at radius 2 is 2.44 bits per heavy atom. The van der Waals surface area contributed by atoms with Crippen LogP contribution in [-0.2, 0) is 13.1 Å². The van der Waals surface area contributed by atoms with Crippen molar-refractivity contribution in [2.24, 2.45) is 0 Å². The minimum atomic E-state index is -0.281. The van der Waals surface area contributed by atoms with E-state index in [0.29, 0.717) is 12.4 Å². The maximum Gasteiger partial charge on any atom is 0.320 e. The molecule has 0 aromatic carbocycles. The van der Waals surface area contributed by atoms with Gasteiger partial charge in [0.15, 0.2) is 5.82 Å². The second kappa shape index (κ2) is 5.96. The van der Waals surface area contributed by atoms with Crippen molar-refractivity contribution in [3.63, 3.8) is 0 Å². The quantitative estimate of drug-likeness (QED) is 0.904. The molecule has 18 heavy (non-hydrogen) atoms. The van der Waals surface area contributed by atoms with E-state index in [4.69, 9.17) is 0 Å². The molecule has 0 aliphatic carbocycles. The summed E-state index contributed by atoms with van der Waals surface area (Å²) in [6.07, 6.45) is 3.53. The molecule has 0 aliphatic rings. The van der Waals surface area contributed by atoms with Gasteiger partial charge in [-0.1, -0.05) is 0 Å². The Bertz CT molecular complexity index is 538. The van der Waals surface area contributed by atoms with Gasteiger partial charge in [-0.2, -0.15) is 9.47 Å². The highest BCUT2D eigenvalue weighted by molar-refractivity contribution is 9.10. The number of aryl methyl sites for hydroxylation is 1. The van der Waals surface area contributed by atoms with Crippen LogP contribution in [0.4, 0.5) is 10.6 Å². The number of carbonyl (C=O) groups excluding carboxylic acids is 1. The maximum atomic E-state index is 11.6. The average Bonchev–Trinajstić information content (AvgIpc) is 2.96. The molecule has 0 bridgehead atoms. The SMILES string of the molecule is CCn1ccc(NC(=O)NCc2sncc2Br)n1. The van der Waals surface area contributed by atoms with E-state index in [9.17, 15) is 4.79 Å². The van der Waals surface area contributed by atoms with Crippen molar-refractivity contribution in [2.45, 2.75) is 20.0 Å². The molecule has 0 atom stereocenters. The van der Waals surface area contributed by atoms with E-state index in [-0.39, 0.29) is 6.03 Å². The van der Waals surface area contributed by atoms with Crippen LogP contribution in [0.3, 0.4) is 0 Å². The molecular weight excluding hydrogens is 318 g/mol. The van der Waals surface area contributed by atoms with Crippen molar-refractivity contribution in [3.8, 4) is 0 Å². The molecule has 2 aromatic heterocycles. The number of hydrogen-bond acceptors (Lipinski definition) is 4. The summed E-state index contributed by atoms with van der Waals surface area (Å²) in [6, 6.07) is 1.47. The molecule has 2 heterocycles. The molecule has 8 heteroatoms. The fourth-order valence-electron chi connectivity index (χ4n) is 1.29. The Balaban J connectivity index is 1.84. The van der Waals surface area contributed by atoms with Gasteiger partial charge in [0.2, 0.25) is 0 Å². The van der Waals surface area contributed by atoms with Gasteiger partial charge in [0.1, 0.15) is 0 Å². The van der Waals surface area contributed by atoms with Gasteiger partial charge >= 0.3 is 6.03 Å². The van der Waals surface area contributed by atoms with Crippen LogP contribution in [0.1, 0.15) is 11.8 Å². The smallest absolute Gasteiger partial charge is 0.320 e. The number of aromatic nitrogens is 3. The number of amides is 2. The van der Waals surface area contributed by atoms with Gasteiger partial charge in [0, 0.05) is 18.8 Å².